The van der Waals surface area contributed by atoms with Crippen molar-refractivity contribution in [2.24, 2.45) is 0 Å². The molecular formula is C7H16BrNO. The highest BCUT2D eigenvalue weighted by Crippen LogP contribution is 2.06. The molecule has 0 atom stereocenters. The molecule has 0 saturated carbocycles. The second kappa shape index (κ2) is 4.74. The van der Waals surface area contributed by atoms with Gasteiger partial charge in [0.15, 0.2) is 0 Å². The maximum atomic E-state index is 5.10. The van der Waals surface area contributed by atoms with E-state index in [1.165, 1.54) is 0 Å². The first-order valence-corrected chi connectivity index (χ1v) is 3.04. The van der Waals surface area contributed by atoms with E-state index in [0.717, 1.165) is 10.4 Å². The molecule has 2 nitrogen and oxygen atoms in total. The van der Waals surface area contributed by atoms with Crippen LogP contribution in [-0.4, -0.2) is 32.7 Å². The molecule has 0 radical (unpaired) electrons. The van der Waals surface area contributed by atoms with Crippen LogP contribution in [0.2, 0.25) is 0 Å². The van der Waals surface area contributed by atoms with Crippen LogP contribution in [0, 0.1) is 0 Å². The predicted molar refractivity (Wildman–Crippen MR) is 38.8 cm³/mol. The molecule has 3 heteroatoms. The Hall–Kier alpha value is -0.0200. The molecule has 62 valence electrons. The van der Waals surface area contributed by atoms with Crippen molar-refractivity contribution >= 4 is 0 Å². The van der Waals surface area contributed by atoms with Gasteiger partial charge in [-0.15, -0.1) is 0 Å². The lowest BCUT2D eigenvalue weighted by atomic mass is 10.5. The third-order valence-electron chi connectivity index (χ3n) is 1.12. The molecule has 0 fully saturated rings. The topological polar surface area (TPSA) is 9.23 Å². The van der Waals surface area contributed by atoms with E-state index >= 15 is 0 Å². The lowest BCUT2D eigenvalue weighted by Gasteiger charge is -2.23. The van der Waals surface area contributed by atoms with Gasteiger partial charge in [0.1, 0.15) is 0 Å². The number of halogens is 1. The van der Waals surface area contributed by atoms with Crippen LogP contribution in [0.25, 0.3) is 0 Å². The molecule has 0 spiro atoms. The summed E-state index contributed by atoms with van der Waals surface area (Å²) in [6.45, 7) is 1.97. The van der Waals surface area contributed by atoms with Gasteiger partial charge in [-0.25, -0.2) is 0 Å². The maximum Gasteiger partial charge on any atom is 0.286 e. The normalized spacial score (nSPS) is 12.3. The molecule has 0 aromatic heterocycles. The molecule has 0 amide bonds. The molecule has 0 aromatic carbocycles. The Morgan fingerprint density at radius 1 is 1.30 bits per heavy atom. The Bertz CT molecular complexity index is 115. The summed E-state index contributed by atoms with van der Waals surface area (Å²) >= 11 is 0. The van der Waals surface area contributed by atoms with Crippen LogP contribution in [0.5, 0.6) is 0 Å². The minimum Gasteiger partial charge on any atom is -1.00 e. The van der Waals surface area contributed by atoms with Gasteiger partial charge in [-0.2, -0.15) is 0 Å². The summed E-state index contributed by atoms with van der Waals surface area (Å²) in [4.78, 5) is 0. The Kier molecular flexibility index (Phi) is 5.99. The van der Waals surface area contributed by atoms with Crippen molar-refractivity contribution in [3.63, 3.8) is 0 Å². The average Bonchev–Trinajstić information content (AvgIpc) is 1.65. The van der Waals surface area contributed by atoms with E-state index in [-0.39, 0.29) is 17.0 Å². The fourth-order valence-corrected chi connectivity index (χ4v) is 0.779. The van der Waals surface area contributed by atoms with Gasteiger partial charge in [0, 0.05) is 6.08 Å². The van der Waals surface area contributed by atoms with Gasteiger partial charge < -0.3 is 21.7 Å². The number of hydrogen-bond acceptors (Lipinski definition) is 1. The van der Waals surface area contributed by atoms with E-state index in [1.807, 2.05) is 13.0 Å². The van der Waals surface area contributed by atoms with Gasteiger partial charge in [0.2, 0.25) is 0 Å². The van der Waals surface area contributed by atoms with E-state index < -0.39 is 0 Å². The zero-order valence-electron chi connectivity index (χ0n) is 7.31. The second-order valence-electron chi connectivity index (χ2n) is 2.84. The first kappa shape index (κ1) is 12.6. The molecule has 0 aliphatic heterocycles. The lowest BCUT2D eigenvalue weighted by molar-refractivity contribution is -0.847. The van der Waals surface area contributed by atoms with Crippen LogP contribution in [0.4, 0.5) is 0 Å². The van der Waals surface area contributed by atoms with Gasteiger partial charge in [0.25, 0.3) is 5.88 Å². The summed E-state index contributed by atoms with van der Waals surface area (Å²) in [7, 11) is 7.90. The summed E-state index contributed by atoms with van der Waals surface area (Å²) < 4.78 is 5.84. The molecule has 0 N–H and O–H groups in total. The quantitative estimate of drug-likeness (QED) is 0.386. The number of allylic oxidation sites excluding steroid dienone is 1. The van der Waals surface area contributed by atoms with E-state index in [9.17, 15) is 0 Å². The van der Waals surface area contributed by atoms with Crippen molar-refractivity contribution in [3.8, 4) is 0 Å². The molecule has 0 bridgehead atoms. The molecule has 0 aromatic rings. The number of hydrogen-bond donors (Lipinski definition) is 0. The largest absolute Gasteiger partial charge is 1.00 e. The molecule has 0 saturated heterocycles. The van der Waals surface area contributed by atoms with E-state index in [0.29, 0.717) is 0 Å². The summed E-state index contributed by atoms with van der Waals surface area (Å²) in [6, 6.07) is 0. The number of rotatable bonds is 2. The second-order valence-corrected chi connectivity index (χ2v) is 2.84. The van der Waals surface area contributed by atoms with Crippen molar-refractivity contribution in [1.29, 1.82) is 0 Å². The minimum atomic E-state index is 0. The SMILES string of the molecule is CC=C(OC)[N+](C)(C)C.[Br-]. The van der Waals surface area contributed by atoms with Crippen molar-refractivity contribution in [2.45, 2.75) is 6.92 Å². The Balaban J connectivity index is 0. The van der Waals surface area contributed by atoms with Gasteiger partial charge in [-0.3, -0.25) is 4.48 Å². The van der Waals surface area contributed by atoms with E-state index in [2.05, 4.69) is 21.1 Å². The molecular weight excluding hydrogens is 194 g/mol. The smallest absolute Gasteiger partial charge is 0.286 e. The number of nitrogens with zero attached hydrogens (tertiary/aromatic N) is 1. The van der Waals surface area contributed by atoms with Crippen LogP contribution in [0.3, 0.4) is 0 Å². The van der Waals surface area contributed by atoms with Crippen LogP contribution < -0.4 is 17.0 Å². The highest BCUT2D eigenvalue weighted by molar-refractivity contribution is 4.77. The first-order valence-electron chi connectivity index (χ1n) is 3.04. The van der Waals surface area contributed by atoms with Crippen molar-refractivity contribution in [3.05, 3.63) is 12.0 Å². The summed E-state index contributed by atoms with van der Waals surface area (Å²) in [5.74, 6) is 0.981. The van der Waals surface area contributed by atoms with Gasteiger partial charge in [0.05, 0.1) is 28.3 Å². The zero-order chi connectivity index (χ0) is 7.49. The van der Waals surface area contributed by atoms with E-state index in [4.69, 9.17) is 4.74 Å². The van der Waals surface area contributed by atoms with E-state index in [1.54, 1.807) is 7.11 Å². The molecule has 0 unspecified atom stereocenters. The maximum absolute atomic E-state index is 5.10. The van der Waals surface area contributed by atoms with Gasteiger partial charge in [-0.05, 0) is 6.92 Å². The molecule has 10 heavy (non-hydrogen) atoms. The highest BCUT2D eigenvalue weighted by Gasteiger charge is 2.13. The van der Waals surface area contributed by atoms with Crippen molar-refractivity contribution in [2.75, 3.05) is 28.3 Å². The molecule has 0 rings (SSSR count). The van der Waals surface area contributed by atoms with Crippen molar-refractivity contribution < 1.29 is 26.2 Å². The Morgan fingerprint density at radius 3 is 1.70 bits per heavy atom. The summed E-state index contributed by atoms with van der Waals surface area (Å²) in [6.07, 6.45) is 1.97. The first-order chi connectivity index (χ1) is 4.02. The average molecular weight is 210 g/mol. The number of quaternary nitrogens is 1. The fraction of sp³-hybridized carbons (Fsp3) is 0.714. The standard InChI is InChI=1S/C7H16NO.BrH/c1-6-7(9-5)8(2,3)4;/h6H,1-5H3;1H/q+1;/p-1. The monoisotopic (exact) mass is 209 g/mol. The highest BCUT2D eigenvalue weighted by atomic mass is 79.9. The molecule has 0 heterocycles. The molecule has 0 aliphatic carbocycles. The minimum absolute atomic E-state index is 0. The summed E-state index contributed by atoms with van der Waals surface area (Å²) in [5, 5.41) is 0. The third-order valence-corrected chi connectivity index (χ3v) is 1.12. The van der Waals surface area contributed by atoms with Crippen molar-refractivity contribution in [1.82, 2.24) is 0 Å². The van der Waals surface area contributed by atoms with Gasteiger partial charge in [-0.1, -0.05) is 0 Å². The van der Waals surface area contributed by atoms with Crippen LogP contribution in [0.15, 0.2) is 12.0 Å². The third kappa shape index (κ3) is 3.90. The van der Waals surface area contributed by atoms with Crippen LogP contribution >= 0.6 is 0 Å². The lowest BCUT2D eigenvalue weighted by Crippen LogP contribution is -3.00. The van der Waals surface area contributed by atoms with Gasteiger partial charge >= 0.3 is 0 Å². The van der Waals surface area contributed by atoms with Crippen LogP contribution in [0.1, 0.15) is 6.92 Å². The number of methoxy groups -OCH3 is 1. The predicted octanol–water partition coefficient (Wildman–Crippen LogP) is -1.80. The Labute approximate surface area is 73.8 Å². The number of ether oxygens (including phenoxy) is 1. The summed E-state index contributed by atoms with van der Waals surface area (Å²) in [5.41, 5.74) is 0. The molecule has 0 aliphatic rings. The van der Waals surface area contributed by atoms with Crippen LogP contribution in [-0.2, 0) is 4.74 Å². The fourth-order valence-electron chi connectivity index (χ4n) is 0.779. The Morgan fingerprint density at radius 2 is 1.70 bits per heavy atom. The zero-order valence-corrected chi connectivity index (χ0v) is 8.90.